The third-order valence-corrected chi connectivity index (χ3v) is 2.45. The van der Waals surface area contributed by atoms with Crippen LogP contribution in [0.5, 0.6) is 0 Å². The van der Waals surface area contributed by atoms with Crippen LogP contribution in [0.4, 0.5) is 0 Å². The van der Waals surface area contributed by atoms with E-state index in [0.29, 0.717) is 5.92 Å². The number of pyridine rings is 1. The van der Waals surface area contributed by atoms with Gasteiger partial charge in [-0.05, 0) is 36.0 Å². The molecule has 0 aliphatic rings. The van der Waals surface area contributed by atoms with Gasteiger partial charge in [0.25, 0.3) is 0 Å². The van der Waals surface area contributed by atoms with Crippen LogP contribution < -0.4 is 5.73 Å². The summed E-state index contributed by atoms with van der Waals surface area (Å²) in [5, 5.41) is 0. The van der Waals surface area contributed by atoms with Crippen molar-refractivity contribution in [2.24, 2.45) is 11.7 Å². The molecule has 0 aliphatic heterocycles. The summed E-state index contributed by atoms with van der Waals surface area (Å²) in [6.45, 7) is 6.54. The number of hydrogen-bond donors (Lipinski definition) is 1. The van der Waals surface area contributed by atoms with E-state index >= 15 is 0 Å². The van der Waals surface area contributed by atoms with Gasteiger partial charge in [-0.15, -0.1) is 0 Å². The maximum Gasteiger partial charge on any atom is 0.0303 e. The second-order valence-electron chi connectivity index (χ2n) is 4.16. The van der Waals surface area contributed by atoms with Gasteiger partial charge in [-0.3, -0.25) is 4.98 Å². The minimum Gasteiger partial charge on any atom is -0.324 e. The van der Waals surface area contributed by atoms with Crippen molar-refractivity contribution >= 4 is 0 Å². The first kappa shape index (κ1) is 11.2. The molecule has 0 aliphatic carbocycles. The van der Waals surface area contributed by atoms with Gasteiger partial charge in [-0.2, -0.15) is 0 Å². The molecule has 1 atom stereocenters. The summed E-state index contributed by atoms with van der Waals surface area (Å²) in [7, 11) is 0. The Balaban J connectivity index is 2.82. The van der Waals surface area contributed by atoms with Gasteiger partial charge in [0.2, 0.25) is 0 Å². The number of nitrogens with two attached hydrogens (primary N) is 1. The average molecular weight is 192 g/mol. The minimum atomic E-state index is 0.160. The summed E-state index contributed by atoms with van der Waals surface area (Å²) in [5.74, 6) is 0.642. The first-order valence-electron chi connectivity index (χ1n) is 5.33. The summed E-state index contributed by atoms with van der Waals surface area (Å²) in [6, 6.07) is 2.21. The van der Waals surface area contributed by atoms with E-state index in [1.54, 1.807) is 0 Å². The van der Waals surface area contributed by atoms with Crippen LogP contribution in [0, 0.1) is 5.92 Å². The average Bonchev–Trinajstić information content (AvgIpc) is 2.16. The van der Waals surface area contributed by atoms with Gasteiger partial charge < -0.3 is 5.73 Å². The summed E-state index contributed by atoms with van der Waals surface area (Å²) < 4.78 is 0. The maximum atomic E-state index is 6.14. The van der Waals surface area contributed by atoms with Crippen LogP contribution in [0.25, 0.3) is 0 Å². The van der Waals surface area contributed by atoms with Gasteiger partial charge in [0.1, 0.15) is 0 Å². The van der Waals surface area contributed by atoms with Crippen LogP contribution in [-0.2, 0) is 6.42 Å². The van der Waals surface area contributed by atoms with Crippen molar-refractivity contribution in [3.63, 3.8) is 0 Å². The Morgan fingerprint density at radius 2 is 2.14 bits per heavy atom. The molecule has 2 heteroatoms. The zero-order valence-corrected chi connectivity index (χ0v) is 9.33. The van der Waals surface area contributed by atoms with Crippen molar-refractivity contribution < 1.29 is 0 Å². The highest BCUT2D eigenvalue weighted by Crippen LogP contribution is 2.21. The minimum absolute atomic E-state index is 0.160. The molecule has 1 rings (SSSR count). The highest BCUT2D eigenvalue weighted by molar-refractivity contribution is 5.26. The van der Waals surface area contributed by atoms with E-state index in [4.69, 9.17) is 5.73 Å². The van der Waals surface area contributed by atoms with E-state index in [-0.39, 0.29) is 6.04 Å². The molecule has 2 N–H and O–H groups in total. The molecule has 78 valence electrons. The maximum absolute atomic E-state index is 6.14. The van der Waals surface area contributed by atoms with Gasteiger partial charge in [0.15, 0.2) is 0 Å². The summed E-state index contributed by atoms with van der Waals surface area (Å²) >= 11 is 0. The summed E-state index contributed by atoms with van der Waals surface area (Å²) in [4.78, 5) is 4.12. The van der Waals surface area contributed by atoms with Crippen LogP contribution in [0.15, 0.2) is 18.5 Å². The lowest BCUT2D eigenvalue weighted by molar-refractivity contribution is 0.507. The molecule has 0 aromatic carbocycles. The fraction of sp³-hybridized carbons (Fsp3) is 0.583. The van der Waals surface area contributed by atoms with Gasteiger partial charge in [-0.1, -0.05) is 20.8 Å². The molecule has 1 aromatic rings. The van der Waals surface area contributed by atoms with Crippen LogP contribution in [0.1, 0.15) is 44.4 Å². The Kier molecular flexibility index (Phi) is 4.08. The normalized spacial score (nSPS) is 13.2. The van der Waals surface area contributed by atoms with Gasteiger partial charge in [-0.25, -0.2) is 0 Å². The molecule has 0 amide bonds. The second kappa shape index (κ2) is 5.11. The Morgan fingerprint density at radius 1 is 1.43 bits per heavy atom. The van der Waals surface area contributed by atoms with E-state index in [1.165, 1.54) is 11.1 Å². The van der Waals surface area contributed by atoms with Gasteiger partial charge >= 0.3 is 0 Å². The molecular weight excluding hydrogens is 172 g/mol. The predicted octanol–water partition coefficient (Wildman–Crippen LogP) is 2.69. The molecule has 0 bridgehead atoms. The van der Waals surface area contributed by atoms with Crippen LogP contribution in [0.2, 0.25) is 0 Å². The third kappa shape index (κ3) is 2.81. The van der Waals surface area contributed by atoms with Crippen molar-refractivity contribution in [2.45, 2.75) is 39.7 Å². The smallest absolute Gasteiger partial charge is 0.0303 e. The number of aromatic nitrogens is 1. The van der Waals surface area contributed by atoms with E-state index in [9.17, 15) is 0 Å². The van der Waals surface area contributed by atoms with E-state index in [0.717, 1.165) is 12.8 Å². The van der Waals surface area contributed by atoms with E-state index < -0.39 is 0 Å². The van der Waals surface area contributed by atoms with Crippen molar-refractivity contribution in [1.29, 1.82) is 0 Å². The third-order valence-electron chi connectivity index (χ3n) is 2.45. The first-order valence-corrected chi connectivity index (χ1v) is 5.33. The fourth-order valence-corrected chi connectivity index (χ4v) is 1.73. The number of aryl methyl sites for hydroxylation is 1. The fourth-order valence-electron chi connectivity index (χ4n) is 1.73. The summed E-state index contributed by atoms with van der Waals surface area (Å²) in [6.07, 6.45) is 5.80. The Labute approximate surface area is 86.5 Å². The Hall–Kier alpha value is -0.890. The number of rotatable bonds is 4. The lowest BCUT2D eigenvalue weighted by atomic mass is 9.94. The number of nitrogens with zero attached hydrogens (tertiary/aromatic N) is 1. The molecule has 1 heterocycles. The monoisotopic (exact) mass is 192 g/mol. The quantitative estimate of drug-likeness (QED) is 0.796. The molecule has 0 spiro atoms. The van der Waals surface area contributed by atoms with Gasteiger partial charge in [0, 0.05) is 18.4 Å². The second-order valence-corrected chi connectivity index (χ2v) is 4.16. The van der Waals surface area contributed by atoms with E-state index in [2.05, 4.69) is 25.8 Å². The highest BCUT2D eigenvalue weighted by atomic mass is 14.7. The number of hydrogen-bond acceptors (Lipinski definition) is 2. The zero-order valence-electron chi connectivity index (χ0n) is 9.33. The zero-order chi connectivity index (χ0) is 10.6. The molecule has 0 saturated carbocycles. The van der Waals surface area contributed by atoms with Crippen LogP contribution >= 0.6 is 0 Å². The standard InChI is InChI=1S/C12H20N2/c1-4-10-8-14-6-5-11(10)12(13)7-9(2)3/h5-6,8-9,12H,4,7,13H2,1-3H3. The van der Waals surface area contributed by atoms with Crippen LogP contribution in [-0.4, -0.2) is 4.98 Å². The first-order chi connectivity index (χ1) is 6.65. The van der Waals surface area contributed by atoms with Gasteiger partial charge in [0.05, 0.1) is 0 Å². The van der Waals surface area contributed by atoms with E-state index in [1.807, 2.05) is 18.5 Å². The molecule has 0 saturated heterocycles. The van der Waals surface area contributed by atoms with Crippen molar-refractivity contribution in [3.05, 3.63) is 29.6 Å². The van der Waals surface area contributed by atoms with Crippen molar-refractivity contribution in [3.8, 4) is 0 Å². The lowest BCUT2D eigenvalue weighted by Crippen LogP contribution is -2.15. The lowest BCUT2D eigenvalue weighted by Gasteiger charge is -2.17. The molecule has 0 radical (unpaired) electrons. The molecular formula is C12H20N2. The summed E-state index contributed by atoms with van der Waals surface area (Å²) in [5.41, 5.74) is 8.68. The topological polar surface area (TPSA) is 38.9 Å². The Morgan fingerprint density at radius 3 is 2.71 bits per heavy atom. The SMILES string of the molecule is CCc1cnccc1C(N)CC(C)C. The van der Waals surface area contributed by atoms with Crippen LogP contribution in [0.3, 0.4) is 0 Å². The molecule has 0 fully saturated rings. The molecule has 1 unspecified atom stereocenters. The largest absolute Gasteiger partial charge is 0.324 e. The van der Waals surface area contributed by atoms with Crippen molar-refractivity contribution in [2.75, 3.05) is 0 Å². The Bertz CT molecular complexity index is 281. The molecule has 1 aromatic heterocycles. The highest BCUT2D eigenvalue weighted by Gasteiger charge is 2.11. The molecule has 2 nitrogen and oxygen atoms in total. The predicted molar refractivity (Wildman–Crippen MR) is 60.0 cm³/mol. The van der Waals surface area contributed by atoms with Crippen molar-refractivity contribution in [1.82, 2.24) is 4.98 Å². The molecule has 14 heavy (non-hydrogen) atoms.